The van der Waals surface area contributed by atoms with Crippen LogP contribution in [0.25, 0.3) is 0 Å². The molecule has 0 aromatic carbocycles. The van der Waals surface area contributed by atoms with Crippen LogP contribution in [0.2, 0.25) is 0 Å². The van der Waals surface area contributed by atoms with Crippen molar-refractivity contribution in [3.05, 3.63) is 0 Å². The zero-order valence-corrected chi connectivity index (χ0v) is 6.72. The van der Waals surface area contributed by atoms with Crippen molar-refractivity contribution in [3.8, 4) is 0 Å². The number of β-amino-alcohol motifs (C(OH)–C–C–N with tert-alkyl or cyclic N) is 1. The zero-order chi connectivity index (χ0) is 9.14. The summed E-state index contributed by atoms with van der Waals surface area (Å²) >= 11 is 0. The highest BCUT2D eigenvalue weighted by Crippen LogP contribution is 2.10. The van der Waals surface area contributed by atoms with Gasteiger partial charge in [-0.05, 0) is 0 Å². The maximum atomic E-state index is 9.35. The molecule has 0 unspecified atom stereocenters. The van der Waals surface area contributed by atoms with Gasteiger partial charge in [0.05, 0.1) is 31.0 Å². The fourth-order valence-electron chi connectivity index (χ4n) is 1.35. The lowest BCUT2D eigenvalue weighted by atomic mass is 10.0. The Labute approximate surface area is 70.6 Å². The Hall–Kier alpha value is -0.200. The van der Waals surface area contributed by atoms with E-state index >= 15 is 0 Å². The Morgan fingerprint density at radius 1 is 1.25 bits per heavy atom. The molecule has 0 amide bonds. The van der Waals surface area contributed by atoms with Crippen LogP contribution in [0.15, 0.2) is 0 Å². The molecule has 0 aromatic heterocycles. The molecule has 0 radical (unpaired) electrons. The minimum Gasteiger partial charge on any atom is -0.395 e. The zero-order valence-electron chi connectivity index (χ0n) is 6.72. The van der Waals surface area contributed by atoms with Gasteiger partial charge in [0.2, 0.25) is 0 Å². The fourth-order valence-corrected chi connectivity index (χ4v) is 1.35. The Morgan fingerprint density at radius 3 is 2.50 bits per heavy atom. The highest BCUT2D eigenvalue weighted by molar-refractivity contribution is 4.87. The van der Waals surface area contributed by atoms with Crippen molar-refractivity contribution in [2.75, 3.05) is 13.2 Å². The number of hydrogen-bond acceptors (Lipinski definition) is 5. The van der Waals surface area contributed by atoms with Crippen molar-refractivity contribution in [1.29, 1.82) is 0 Å². The van der Waals surface area contributed by atoms with E-state index in [2.05, 4.69) is 5.32 Å². The summed E-state index contributed by atoms with van der Waals surface area (Å²) in [4.78, 5) is 0. The van der Waals surface area contributed by atoms with Gasteiger partial charge in [-0.2, -0.15) is 0 Å². The summed E-state index contributed by atoms with van der Waals surface area (Å²) in [7, 11) is 0. The van der Waals surface area contributed by atoms with Crippen molar-refractivity contribution in [1.82, 2.24) is 5.32 Å². The Morgan fingerprint density at radius 2 is 1.92 bits per heavy atom. The lowest BCUT2D eigenvalue weighted by molar-refractivity contribution is -0.0197. The summed E-state index contributed by atoms with van der Waals surface area (Å²) in [6, 6.07) is -0.544. The summed E-state index contributed by atoms with van der Waals surface area (Å²) in [5.41, 5.74) is 0. The summed E-state index contributed by atoms with van der Waals surface area (Å²) in [6.45, 7) is 0.0459. The van der Waals surface area contributed by atoms with Crippen LogP contribution < -0.4 is 5.32 Å². The highest BCUT2D eigenvalue weighted by atomic mass is 16.3. The van der Waals surface area contributed by atoms with E-state index in [9.17, 15) is 15.3 Å². The van der Waals surface area contributed by atoms with Crippen LogP contribution in [0.1, 0.15) is 6.42 Å². The molecule has 5 heteroatoms. The van der Waals surface area contributed by atoms with E-state index in [4.69, 9.17) is 5.11 Å². The van der Waals surface area contributed by atoms with Crippen LogP contribution >= 0.6 is 0 Å². The lowest BCUT2D eigenvalue weighted by Crippen LogP contribution is -2.46. The molecule has 0 bridgehead atoms. The maximum Gasteiger partial charge on any atom is 0.0975 e. The quantitative estimate of drug-likeness (QED) is 0.303. The monoisotopic (exact) mass is 177 g/mol. The molecule has 1 rings (SSSR count). The van der Waals surface area contributed by atoms with Crippen molar-refractivity contribution in [2.24, 2.45) is 0 Å². The van der Waals surface area contributed by atoms with Gasteiger partial charge in [-0.25, -0.2) is 0 Å². The second-order valence-corrected chi connectivity index (χ2v) is 3.14. The summed E-state index contributed by atoms with van der Waals surface area (Å²) in [6.07, 6.45) is -2.49. The van der Waals surface area contributed by atoms with Crippen LogP contribution in [-0.2, 0) is 0 Å². The van der Waals surface area contributed by atoms with E-state index in [1.54, 1.807) is 0 Å². The predicted octanol–water partition coefficient (Wildman–Crippen LogP) is -2.58. The van der Waals surface area contributed by atoms with E-state index in [0.29, 0.717) is 6.54 Å². The number of hydrogen-bond donors (Lipinski definition) is 5. The van der Waals surface area contributed by atoms with Gasteiger partial charge in [0.1, 0.15) is 0 Å². The molecular formula is C7H15NO4. The fraction of sp³-hybridized carbons (Fsp3) is 1.00. The van der Waals surface area contributed by atoms with E-state index in [1.165, 1.54) is 0 Å². The first kappa shape index (κ1) is 9.88. The minimum absolute atomic E-state index is 0.144. The molecule has 1 aliphatic rings. The second-order valence-electron chi connectivity index (χ2n) is 3.14. The molecule has 4 atom stereocenters. The van der Waals surface area contributed by atoms with Crippen molar-refractivity contribution >= 4 is 0 Å². The predicted molar refractivity (Wildman–Crippen MR) is 41.5 cm³/mol. The van der Waals surface area contributed by atoms with Crippen molar-refractivity contribution < 1.29 is 20.4 Å². The number of rotatable bonds is 1. The first-order chi connectivity index (χ1) is 5.65. The maximum absolute atomic E-state index is 9.35. The van der Waals surface area contributed by atoms with E-state index in [0.717, 1.165) is 0 Å². The van der Waals surface area contributed by atoms with Gasteiger partial charge in [-0.3, -0.25) is 0 Å². The topological polar surface area (TPSA) is 93.0 Å². The van der Waals surface area contributed by atoms with E-state index in [-0.39, 0.29) is 13.0 Å². The van der Waals surface area contributed by atoms with Gasteiger partial charge in [0.15, 0.2) is 0 Å². The smallest absolute Gasteiger partial charge is 0.0975 e. The molecule has 5 N–H and O–H groups in total. The van der Waals surface area contributed by atoms with Crippen molar-refractivity contribution in [3.63, 3.8) is 0 Å². The van der Waals surface area contributed by atoms with E-state index in [1.807, 2.05) is 0 Å². The molecular weight excluding hydrogens is 162 g/mol. The van der Waals surface area contributed by atoms with Crippen LogP contribution in [0.4, 0.5) is 0 Å². The molecule has 0 aliphatic carbocycles. The summed E-state index contributed by atoms with van der Waals surface area (Å²) < 4.78 is 0. The van der Waals surface area contributed by atoms with Crippen LogP contribution in [0, 0.1) is 0 Å². The first-order valence-electron chi connectivity index (χ1n) is 4.03. The van der Waals surface area contributed by atoms with E-state index < -0.39 is 24.4 Å². The molecule has 5 nitrogen and oxygen atoms in total. The number of nitrogens with one attached hydrogen (secondary N) is 1. The minimum atomic E-state index is -1.01. The lowest BCUT2D eigenvalue weighted by Gasteiger charge is -2.21. The Kier molecular flexibility index (Phi) is 3.42. The van der Waals surface area contributed by atoms with Gasteiger partial charge < -0.3 is 25.7 Å². The highest BCUT2D eigenvalue weighted by Gasteiger charge is 2.30. The normalized spacial score (nSPS) is 44.0. The Balaban J connectivity index is 2.56. The number of aliphatic hydroxyl groups is 4. The Bertz CT molecular complexity index is 143. The molecule has 1 saturated heterocycles. The number of aliphatic hydroxyl groups excluding tert-OH is 4. The van der Waals surface area contributed by atoms with Gasteiger partial charge in [0, 0.05) is 13.0 Å². The molecule has 0 saturated carbocycles. The molecule has 12 heavy (non-hydrogen) atoms. The van der Waals surface area contributed by atoms with Crippen LogP contribution in [0.3, 0.4) is 0 Å². The molecule has 72 valence electrons. The summed E-state index contributed by atoms with van der Waals surface area (Å²) in [5.74, 6) is 0. The SMILES string of the molecule is OC[C@H]1NC[C@H](O)C[C@@H](O)[C@@H]1O. The molecule has 0 spiro atoms. The van der Waals surface area contributed by atoms with Crippen LogP contribution in [-0.4, -0.2) is 57.9 Å². The third-order valence-electron chi connectivity index (χ3n) is 2.13. The summed E-state index contributed by atoms with van der Waals surface area (Å²) in [5, 5.41) is 39.3. The average Bonchev–Trinajstić information content (AvgIpc) is 2.14. The molecule has 1 aliphatic heterocycles. The van der Waals surface area contributed by atoms with Crippen molar-refractivity contribution in [2.45, 2.75) is 30.8 Å². The van der Waals surface area contributed by atoms with Gasteiger partial charge >= 0.3 is 0 Å². The van der Waals surface area contributed by atoms with Gasteiger partial charge in [-0.1, -0.05) is 0 Å². The van der Waals surface area contributed by atoms with Gasteiger partial charge in [-0.15, -0.1) is 0 Å². The largest absolute Gasteiger partial charge is 0.395 e. The standard InChI is InChI=1S/C7H15NO4/c9-3-5-7(12)6(11)1-4(10)2-8-5/h4-12H,1-3H2/t4-,5-,6-,7-/m1/s1. The molecule has 1 fully saturated rings. The molecule has 1 heterocycles. The first-order valence-corrected chi connectivity index (χ1v) is 4.03. The second kappa shape index (κ2) is 4.15. The third-order valence-corrected chi connectivity index (χ3v) is 2.13. The average molecular weight is 177 g/mol. The van der Waals surface area contributed by atoms with Crippen LogP contribution in [0.5, 0.6) is 0 Å². The third kappa shape index (κ3) is 2.15. The molecule has 0 aromatic rings. The van der Waals surface area contributed by atoms with Gasteiger partial charge in [0.25, 0.3) is 0 Å².